The third kappa shape index (κ3) is 4.77. The lowest BCUT2D eigenvalue weighted by Crippen LogP contribution is -2.12. The van der Waals surface area contributed by atoms with E-state index in [2.05, 4.69) is 13.2 Å². The van der Waals surface area contributed by atoms with Gasteiger partial charge in [-0.3, -0.25) is 4.79 Å². The Kier molecular flexibility index (Phi) is 6.07. The Balaban J connectivity index is 0. The fourth-order valence-corrected chi connectivity index (χ4v) is 0.275. The Morgan fingerprint density at radius 3 is 2.22 bits per heavy atom. The lowest BCUT2D eigenvalue weighted by atomic mass is 10.2. The average molecular weight is 128 g/mol. The standard InChI is InChI=1S/C6H9NO.H3N/c1-3-4-5(2)6(7)8;/h3H,1-2,4H2,(H2,7,8);1H3. The number of rotatable bonds is 3. The molecule has 52 valence electrons. The molecule has 0 aliphatic rings. The first-order valence-corrected chi connectivity index (χ1v) is 2.27. The largest absolute Gasteiger partial charge is 0.366 e. The second-order valence-electron chi connectivity index (χ2n) is 1.46. The van der Waals surface area contributed by atoms with E-state index in [-0.39, 0.29) is 6.15 Å². The van der Waals surface area contributed by atoms with Gasteiger partial charge >= 0.3 is 0 Å². The molecule has 0 aromatic heterocycles. The van der Waals surface area contributed by atoms with E-state index in [9.17, 15) is 4.79 Å². The summed E-state index contributed by atoms with van der Waals surface area (Å²) in [5, 5.41) is 0. The van der Waals surface area contributed by atoms with Crippen molar-refractivity contribution in [2.75, 3.05) is 0 Å². The molecule has 9 heavy (non-hydrogen) atoms. The molecule has 0 fully saturated rings. The van der Waals surface area contributed by atoms with E-state index >= 15 is 0 Å². The van der Waals surface area contributed by atoms with E-state index in [1.807, 2.05) is 0 Å². The highest BCUT2D eigenvalue weighted by molar-refractivity contribution is 5.91. The molecule has 0 atom stereocenters. The molecule has 0 saturated heterocycles. The Bertz CT molecular complexity index is 129. The van der Waals surface area contributed by atoms with Crippen molar-refractivity contribution in [3.63, 3.8) is 0 Å². The van der Waals surface area contributed by atoms with Crippen molar-refractivity contribution in [1.29, 1.82) is 0 Å². The van der Waals surface area contributed by atoms with Gasteiger partial charge in [0.05, 0.1) is 0 Å². The maximum Gasteiger partial charge on any atom is 0.244 e. The number of hydrogen-bond acceptors (Lipinski definition) is 2. The highest BCUT2D eigenvalue weighted by Gasteiger charge is 1.95. The van der Waals surface area contributed by atoms with Crippen LogP contribution in [-0.4, -0.2) is 5.91 Å². The van der Waals surface area contributed by atoms with Crippen LogP contribution in [0.25, 0.3) is 0 Å². The quantitative estimate of drug-likeness (QED) is 0.435. The summed E-state index contributed by atoms with van der Waals surface area (Å²) in [6.07, 6.45) is 2.07. The molecule has 0 spiro atoms. The minimum absolute atomic E-state index is 0. The van der Waals surface area contributed by atoms with E-state index in [0.717, 1.165) is 0 Å². The number of amides is 1. The topological polar surface area (TPSA) is 78.1 Å². The first-order chi connectivity index (χ1) is 3.68. The molecule has 5 N–H and O–H groups in total. The first-order valence-electron chi connectivity index (χ1n) is 2.27. The van der Waals surface area contributed by atoms with Gasteiger partial charge in [-0.25, -0.2) is 0 Å². The van der Waals surface area contributed by atoms with Gasteiger partial charge in [-0.15, -0.1) is 6.58 Å². The molecule has 0 saturated carbocycles. The van der Waals surface area contributed by atoms with Crippen LogP contribution in [0.5, 0.6) is 0 Å². The number of carbonyl (C=O) groups excluding carboxylic acids is 1. The summed E-state index contributed by atoms with van der Waals surface area (Å²) in [6.45, 7) is 6.81. The Hall–Kier alpha value is -1.09. The molecule has 0 unspecified atom stereocenters. The van der Waals surface area contributed by atoms with Gasteiger partial charge in [0, 0.05) is 5.57 Å². The molecule has 3 nitrogen and oxygen atoms in total. The lowest BCUT2D eigenvalue weighted by Gasteiger charge is -1.90. The number of carbonyl (C=O) groups is 1. The lowest BCUT2D eigenvalue weighted by molar-refractivity contribution is -0.114. The van der Waals surface area contributed by atoms with Crippen molar-refractivity contribution in [3.8, 4) is 0 Å². The van der Waals surface area contributed by atoms with Crippen molar-refractivity contribution in [2.24, 2.45) is 5.73 Å². The van der Waals surface area contributed by atoms with E-state index in [4.69, 9.17) is 5.73 Å². The molecule has 0 aliphatic carbocycles. The molecular weight excluding hydrogens is 116 g/mol. The number of nitrogens with two attached hydrogens (primary N) is 1. The highest BCUT2D eigenvalue weighted by Crippen LogP contribution is 1.94. The van der Waals surface area contributed by atoms with Gasteiger partial charge in [0.2, 0.25) is 5.91 Å². The molecule has 0 aliphatic heterocycles. The molecule has 0 heterocycles. The van der Waals surface area contributed by atoms with Gasteiger partial charge in [0.1, 0.15) is 0 Å². The van der Waals surface area contributed by atoms with Crippen LogP contribution < -0.4 is 11.9 Å². The van der Waals surface area contributed by atoms with E-state index in [1.54, 1.807) is 6.08 Å². The highest BCUT2D eigenvalue weighted by atomic mass is 16.1. The monoisotopic (exact) mass is 128 g/mol. The van der Waals surface area contributed by atoms with E-state index in [0.29, 0.717) is 12.0 Å². The fourth-order valence-electron chi connectivity index (χ4n) is 0.275. The van der Waals surface area contributed by atoms with Gasteiger partial charge in [0.25, 0.3) is 0 Å². The number of allylic oxidation sites excluding steroid dienone is 1. The molecular formula is C6H12N2O. The minimum atomic E-state index is -0.454. The number of primary amides is 1. The van der Waals surface area contributed by atoms with Crippen LogP contribution in [0, 0.1) is 0 Å². The SMILES string of the molecule is C=CCC(=C)C(N)=O.N. The zero-order valence-electron chi connectivity index (χ0n) is 5.39. The summed E-state index contributed by atoms with van der Waals surface area (Å²) in [7, 11) is 0. The van der Waals surface area contributed by atoms with Crippen LogP contribution in [0.3, 0.4) is 0 Å². The van der Waals surface area contributed by atoms with Crippen LogP contribution in [0.4, 0.5) is 0 Å². The van der Waals surface area contributed by atoms with Gasteiger partial charge in [0.15, 0.2) is 0 Å². The van der Waals surface area contributed by atoms with Crippen molar-refractivity contribution in [3.05, 3.63) is 24.8 Å². The average Bonchev–Trinajstić information content (AvgIpc) is 1.67. The van der Waals surface area contributed by atoms with Gasteiger partial charge in [-0.05, 0) is 6.42 Å². The Labute approximate surface area is 54.8 Å². The molecule has 0 radical (unpaired) electrons. The second-order valence-corrected chi connectivity index (χ2v) is 1.46. The Morgan fingerprint density at radius 1 is 1.67 bits per heavy atom. The van der Waals surface area contributed by atoms with Crippen LogP contribution in [0.2, 0.25) is 0 Å². The van der Waals surface area contributed by atoms with Gasteiger partial charge in [-0.2, -0.15) is 0 Å². The van der Waals surface area contributed by atoms with Gasteiger partial charge in [-0.1, -0.05) is 12.7 Å². The zero-order valence-corrected chi connectivity index (χ0v) is 5.39. The summed E-state index contributed by atoms with van der Waals surface area (Å²) >= 11 is 0. The Morgan fingerprint density at radius 2 is 2.11 bits per heavy atom. The third-order valence-electron chi connectivity index (χ3n) is 0.739. The summed E-state index contributed by atoms with van der Waals surface area (Å²) in [5.74, 6) is -0.454. The van der Waals surface area contributed by atoms with E-state index in [1.165, 1.54) is 0 Å². The molecule has 1 amide bonds. The maximum absolute atomic E-state index is 10.2. The predicted octanol–water partition coefficient (Wildman–Crippen LogP) is 0.766. The van der Waals surface area contributed by atoms with Gasteiger partial charge < -0.3 is 11.9 Å². The van der Waals surface area contributed by atoms with Crippen LogP contribution in [-0.2, 0) is 4.79 Å². The normalized spacial score (nSPS) is 7.11. The van der Waals surface area contributed by atoms with Crippen molar-refractivity contribution in [2.45, 2.75) is 6.42 Å². The predicted molar refractivity (Wildman–Crippen MR) is 38.2 cm³/mol. The second kappa shape index (κ2) is 5.05. The molecule has 0 aromatic carbocycles. The molecule has 3 heteroatoms. The molecule has 0 bridgehead atoms. The summed E-state index contributed by atoms with van der Waals surface area (Å²) in [5.41, 5.74) is 5.24. The van der Waals surface area contributed by atoms with Crippen LogP contribution in [0.1, 0.15) is 6.42 Å². The van der Waals surface area contributed by atoms with E-state index < -0.39 is 5.91 Å². The van der Waals surface area contributed by atoms with Crippen molar-refractivity contribution >= 4 is 5.91 Å². The zero-order chi connectivity index (χ0) is 6.57. The third-order valence-corrected chi connectivity index (χ3v) is 0.739. The molecule has 0 rings (SSSR count). The maximum atomic E-state index is 10.2. The van der Waals surface area contributed by atoms with Crippen molar-refractivity contribution < 1.29 is 4.79 Å². The minimum Gasteiger partial charge on any atom is -0.366 e. The summed E-state index contributed by atoms with van der Waals surface area (Å²) < 4.78 is 0. The van der Waals surface area contributed by atoms with Crippen LogP contribution in [0.15, 0.2) is 24.8 Å². The van der Waals surface area contributed by atoms with Crippen LogP contribution >= 0.6 is 0 Å². The summed E-state index contributed by atoms with van der Waals surface area (Å²) in [4.78, 5) is 10.2. The fraction of sp³-hybridized carbons (Fsp3) is 0.167. The van der Waals surface area contributed by atoms with Crippen molar-refractivity contribution in [1.82, 2.24) is 6.15 Å². The smallest absolute Gasteiger partial charge is 0.244 e. The summed E-state index contributed by atoms with van der Waals surface area (Å²) in [6, 6.07) is 0. The molecule has 0 aromatic rings. The number of hydrogen-bond donors (Lipinski definition) is 2. The first kappa shape index (κ1) is 10.8.